The molecule has 0 spiro atoms. The van der Waals surface area contributed by atoms with Crippen LogP contribution in [0.4, 0.5) is 10.1 Å². The molecule has 3 heteroatoms. The Morgan fingerprint density at radius 2 is 1.88 bits per heavy atom. The van der Waals surface area contributed by atoms with E-state index in [4.69, 9.17) is 17.3 Å². The molecule has 2 aromatic rings. The number of rotatable bonds is 1. The summed E-state index contributed by atoms with van der Waals surface area (Å²) in [5.74, 6) is -0.258. The van der Waals surface area contributed by atoms with Crippen molar-refractivity contribution < 1.29 is 4.39 Å². The first-order chi connectivity index (χ1) is 7.58. The van der Waals surface area contributed by atoms with Crippen LogP contribution < -0.4 is 5.73 Å². The molecule has 0 radical (unpaired) electrons. The van der Waals surface area contributed by atoms with E-state index in [0.717, 1.165) is 11.1 Å². The molecule has 1 nitrogen and oxygen atoms in total. The summed E-state index contributed by atoms with van der Waals surface area (Å²) in [6.45, 7) is 1.92. The van der Waals surface area contributed by atoms with Gasteiger partial charge in [-0.3, -0.25) is 0 Å². The Hall–Kier alpha value is -1.54. The topological polar surface area (TPSA) is 26.0 Å². The average molecular weight is 236 g/mol. The van der Waals surface area contributed by atoms with Gasteiger partial charge in [0.1, 0.15) is 5.82 Å². The molecule has 2 N–H and O–H groups in total. The number of aryl methyl sites for hydroxylation is 1. The molecule has 0 fully saturated rings. The van der Waals surface area contributed by atoms with Gasteiger partial charge in [0, 0.05) is 5.56 Å². The molecular formula is C13H11ClFN. The highest BCUT2D eigenvalue weighted by Crippen LogP contribution is 2.29. The standard InChI is InChI=1S/C13H11ClFN/c1-8-2-4-12(15)10(6-8)9-3-5-13(16)11(14)7-9/h2-7H,16H2,1H3. The second-order valence-corrected chi connectivity index (χ2v) is 4.13. The first-order valence-corrected chi connectivity index (χ1v) is 5.27. The maximum Gasteiger partial charge on any atom is 0.131 e. The molecule has 2 rings (SSSR count). The quantitative estimate of drug-likeness (QED) is 0.742. The summed E-state index contributed by atoms with van der Waals surface area (Å²) < 4.78 is 13.6. The largest absolute Gasteiger partial charge is 0.398 e. The molecule has 0 aromatic heterocycles. The van der Waals surface area contributed by atoms with Crippen LogP contribution in [0.15, 0.2) is 36.4 Å². The monoisotopic (exact) mass is 235 g/mol. The maximum absolute atomic E-state index is 13.6. The fourth-order valence-electron chi connectivity index (χ4n) is 1.56. The molecule has 16 heavy (non-hydrogen) atoms. The molecule has 0 amide bonds. The lowest BCUT2D eigenvalue weighted by atomic mass is 10.0. The molecule has 82 valence electrons. The second kappa shape index (κ2) is 4.14. The van der Waals surface area contributed by atoms with Crippen molar-refractivity contribution in [3.05, 3.63) is 52.8 Å². The van der Waals surface area contributed by atoms with Crippen molar-refractivity contribution in [3.8, 4) is 11.1 Å². The Balaban J connectivity index is 2.58. The van der Waals surface area contributed by atoms with Crippen molar-refractivity contribution >= 4 is 17.3 Å². The number of hydrogen-bond donors (Lipinski definition) is 1. The number of hydrogen-bond acceptors (Lipinski definition) is 1. The zero-order chi connectivity index (χ0) is 11.7. The van der Waals surface area contributed by atoms with Crippen LogP contribution in [0.1, 0.15) is 5.56 Å². The number of anilines is 1. The summed E-state index contributed by atoms with van der Waals surface area (Å²) in [5.41, 5.74) is 8.39. The van der Waals surface area contributed by atoms with E-state index >= 15 is 0 Å². The van der Waals surface area contributed by atoms with Crippen LogP contribution in [0.5, 0.6) is 0 Å². The second-order valence-electron chi connectivity index (χ2n) is 3.72. The van der Waals surface area contributed by atoms with Gasteiger partial charge in [-0.05, 0) is 36.8 Å². The predicted molar refractivity (Wildman–Crippen MR) is 66.0 cm³/mol. The molecule has 0 aliphatic carbocycles. The molecule has 0 saturated carbocycles. The lowest BCUT2D eigenvalue weighted by molar-refractivity contribution is 0.631. The van der Waals surface area contributed by atoms with Gasteiger partial charge in [-0.2, -0.15) is 0 Å². The van der Waals surface area contributed by atoms with Gasteiger partial charge >= 0.3 is 0 Å². The van der Waals surface area contributed by atoms with Crippen LogP contribution in [0.2, 0.25) is 5.02 Å². The van der Waals surface area contributed by atoms with Crippen molar-refractivity contribution in [3.63, 3.8) is 0 Å². The molecule has 0 unspecified atom stereocenters. The minimum absolute atomic E-state index is 0.258. The molecule has 0 bridgehead atoms. The Bertz CT molecular complexity index is 537. The smallest absolute Gasteiger partial charge is 0.131 e. The molecule has 0 heterocycles. The maximum atomic E-state index is 13.6. The summed E-state index contributed by atoms with van der Waals surface area (Å²) >= 11 is 5.91. The van der Waals surface area contributed by atoms with Crippen molar-refractivity contribution in [1.29, 1.82) is 0 Å². The van der Waals surface area contributed by atoms with Crippen molar-refractivity contribution in [1.82, 2.24) is 0 Å². The number of nitrogens with two attached hydrogens (primary N) is 1. The van der Waals surface area contributed by atoms with Crippen LogP contribution in [0.25, 0.3) is 11.1 Å². The van der Waals surface area contributed by atoms with Crippen LogP contribution in [0.3, 0.4) is 0 Å². The van der Waals surface area contributed by atoms with Gasteiger partial charge in [-0.25, -0.2) is 4.39 Å². The third-order valence-electron chi connectivity index (χ3n) is 2.43. The SMILES string of the molecule is Cc1ccc(F)c(-c2ccc(N)c(Cl)c2)c1. The first-order valence-electron chi connectivity index (χ1n) is 4.89. The van der Waals surface area contributed by atoms with Crippen molar-refractivity contribution in [2.24, 2.45) is 0 Å². The summed E-state index contributed by atoms with van der Waals surface area (Å²) in [6, 6.07) is 10.1. The van der Waals surface area contributed by atoms with Crippen LogP contribution in [-0.2, 0) is 0 Å². The molecule has 0 atom stereocenters. The van der Waals surface area contributed by atoms with E-state index in [1.165, 1.54) is 6.07 Å². The van der Waals surface area contributed by atoms with E-state index in [0.29, 0.717) is 16.3 Å². The van der Waals surface area contributed by atoms with Crippen LogP contribution in [-0.4, -0.2) is 0 Å². The normalized spacial score (nSPS) is 10.4. The van der Waals surface area contributed by atoms with E-state index in [1.54, 1.807) is 30.3 Å². The molecule has 0 saturated heterocycles. The summed E-state index contributed by atoms with van der Waals surface area (Å²) in [6.07, 6.45) is 0. The van der Waals surface area contributed by atoms with Crippen LogP contribution in [0, 0.1) is 12.7 Å². The number of halogens is 2. The number of nitrogen functional groups attached to an aromatic ring is 1. The summed E-state index contributed by atoms with van der Waals surface area (Å²) in [4.78, 5) is 0. The Morgan fingerprint density at radius 1 is 1.12 bits per heavy atom. The van der Waals surface area contributed by atoms with Crippen LogP contribution >= 0.6 is 11.6 Å². The fraction of sp³-hybridized carbons (Fsp3) is 0.0769. The minimum Gasteiger partial charge on any atom is -0.398 e. The predicted octanol–water partition coefficient (Wildman–Crippen LogP) is 4.04. The average Bonchev–Trinajstić information content (AvgIpc) is 2.26. The summed E-state index contributed by atoms with van der Waals surface area (Å²) in [7, 11) is 0. The third kappa shape index (κ3) is 2.02. The highest BCUT2D eigenvalue weighted by Gasteiger charge is 2.06. The Morgan fingerprint density at radius 3 is 2.56 bits per heavy atom. The van der Waals surface area contributed by atoms with E-state index < -0.39 is 0 Å². The fourth-order valence-corrected chi connectivity index (χ4v) is 1.74. The van der Waals surface area contributed by atoms with E-state index in [-0.39, 0.29) is 5.82 Å². The Kier molecular flexibility index (Phi) is 2.84. The third-order valence-corrected chi connectivity index (χ3v) is 2.76. The van der Waals surface area contributed by atoms with Gasteiger partial charge in [-0.1, -0.05) is 29.3 Å². The van der Waals surface area contributed by atoms with Crippen molar-refractivity contribution in [2.75, 3.05) is 5.73 Å². The summed E-state index contributed by atoms with van der Waals surface area (Å²) in [5, 5.41) is 0.443. The Labute approximate surface area is 98.7 Å². The van der Waals surface area contributed by atoms with Gasteiger partial charge in [0.05, 0.1) is 10.7 Å². The van der Waals surface area contributed by atoms with E-state index in [9.17, 15) is 4.39 Å². The van der Waals surface area contributed by atoms with Gasteiger partial charge in [-0.15, -0.1) is 0 Å². The van der Waals surface area contributed by atoms with Gasteiger partial charge < -0.3 is 5.73 Å². The van der Waals surface area contributed by atoms with E-state index in [2.05, 4.69) is 0 Å². The molecule has 0 aliphatic rings. The first kappa shape index (κ1) is 11.0. The highest BCUT2D eigenvalue weighted by molar-refractivity contribution is 6.33. The lowest BCUT2D eigenvalue weighted by Crippen LogP contribution is -1.89. The van der Waals surface area contributed by atoms with Gasteiger partial charge in [0.2, 0.25) is 0 Å². The lowest BCUT2D eigenvalue weighted by Gasteiger charge is -2.06. The molecule has 0 aliphatic heterocycles. The van der Waals surface area contributed by atoms with Gasteiger partial charge in [0.15, 0.2) is 0 Å². The zero-order valence-electron chi connectivity index (χ0n) is 8.80. The minimum atomic E-state index is -0.258. The van der Waals surface area contributed by atoms with E-state index in [1.807, 2.05) is 6.92 Å². The molecular weight excluding hydrogens is 225 g/mol. The van der Waals surface area contributed by atoms with Gasteiger partial charge in [0.25, 0.3) is 0 Å². The highest BCUT2D eigenvalue weighted by atomic mass is 35.5. The zero-order valence-corrected chi connectivity index (χ0v) is 9.55. The molecule has 2 aromatic carbocycles. The number of benzene rings is 2. The van der Waals surface area contributed by atoms with Crippen molar-refractivity contribution in [2.45, 2.75) is 6.92 Å².